The fourth-order valence-corrected chi connectivity index (χ4v) is 8.69. The van der Waals surface area contributed by atoms with Gasteiger partial charge < -0.3 is 22.8 Å². The van der Waals surface area contributed by atoms with Crippen molar-refractivity contribution in [2.24, 2.45) is 0 Å². The molecule has 3 heterocycles. The van der Waals surface area contributed by atoms with Crippen molar-refractivity contribution >= 4 is 53.7 Å². The molecule has 0 N–H and O–H groups in total. The molecule has 1 aromatic carbocycles. The van der Waals surface area contributed by atoms with Gasteiger partial charge in [0.1, 0.15) is 23.8 Å². The van der Waals surface area contributed by atoms with Crippen LogP contribution in [0.5, 0.6) is 0 Å². The van der Waals surface area contributed by atoms with Gasteiger partial charge in [-0.05, 0) is 66.5 Å². The van der Waals surface area contributed by atoms with Crippen molar-refractivity contribution in [2.45, 2.75) is 148 Å². The minimum absolute atomic E-state index is 0.0203. The van der Waals surface area contributed by atoms with Crippen molar-refractivity contribution < 1.29 is 27.5 Å². The lowest BCUT2D eigenvalue weighted by molar-refractivity contribution is -0.0470. The molecule has 10 nitrogen and oxygen atoms in total. The number of hydrogen-bond donors (Lipinski definition) is 0. The Bertz CT molecular complexity index is 1650. The lowest BCUT2D eigenvalue weighted by atomic mass is 10.1. The van der Waals surface area contributed by atoms with Crippen LogP contribution in [0.1, 0.15) is 84.7 Å². The number of esters is 1. The summed E-state index contributed by atoms with van der Waals surface area (Å²) >= 11 is 6.69. The lowest BCUT2D eigenvalue weighted by Gasteiger charge is -2.44. The number of aromatic nitrogens is 4. The molecular weight excluding hydrogens is 704 g/mol. The molecule has 50 heavy (non-hydrogen) atoms. The van der Waals surface area contributed by atoms with Crippen LogP contribution in [0.15, 0.2) is 36.7 Å². The number of imidazole rings is 1. The molecule has 1 fully saturated rings. The summed E-state index contributed by atoms with van der Waals surface area (Å²) in [6.45, 7) is 33.9. The van der Waals surface area contributed by atoms with Crippen LogP contribution in [-0.4, -0.2) is 75.4 Å². The van der Waals surface area contributed by atoms with E-state index in [1.807, 2.05) is 10.6 Å². The minimum Gasteiger partial charge on any atom is -0.454 e. The summed E-state index contributed by atoms with van der Waals surface area (Å²) in [4.78, 5) is 26.6. The maximum absolute atomic E-state index is 12.7. The van der Waals surface area contributed by atoms with Crippen LogP contribution in [0.2, 0.25) is 59.5 Å². The van der Waals surface area contributed by atoms with Crippen LogP contribution >= 0.6 is 11.6 Å². The van der Waals surface area contributed by atoms with E-state index in [-0.39, 0.29) is 32.7 Å². The molecule has 0 radical (unpaired) electrons. The van der Waals surface area contributed by atoms with Crippen LogP contribution in [0.4, 0.5) is 0 Å². The molecule has 0 spiro atoms. The van der Waals surface area contributed by atoms with Gasteiger partial charge in [0.15, 0.2) is 54.4 Å². The number of hydrogen-bond acceptors (Lipinski definition) is 9. The molecule has 14 heteroatoms. The first-order chi connectivity index (χ1) is 22.8. The van der Waals surface area contributed by atoms with Gasteiger partial charge >= 0.3 is 5.97 Å². The Morgan fingerprint density at radius 1 is 0.820 bits per heavy atom. The standard InChI is InChI=1S/C36H59ClN4O6Si3/c1-34(2,3)48(10,11)44-21-25-28(46-49(12,13)35(4,5)6)29(47-50(14,15)36(7,8)9)32(45-25)41-23-38-27-30(37)39-26(40-31(27)41)22-43-33(42)24-19-17-16-18-20-24/h16-20,23,25,28-29,32H,21-22H2,1-15H3/t25-,28-,29-,32-/m1/s1. The van der Waals surface area contributed by atoms with Gasteiger partial charge in [-0.3, -0.25) is 4.57 Å². The van der Waals surface area contributed by atoms with Gasteiger partial charge in [-0.25, -0.2) is 19.7 Å². The van der Waals surface area contributed by atoms with E-state index < -0.39 is 55.5 Å². The number of nitrogens with zero attached hydrogens (tertiary/aromatic N) is 4. The van der Waals surface area contributed by atoms with E-state index in [1.165, 1.54) is 0 Å². The number of rotatable bonds is 11. The van der Waals surface area contributed by atoms with Crippen molar-refractivity contribution in [3.05, 3.63) is 53.2 Å². The molecule has 278 valence electrons. The van der Waals surface area contributed by atoms with E-state index in [0.29, 0.717) is 23.3 Å². The Morgan fingerprint density at radius 2 is 1.36 bits per heavy atom. The number of carbonyl (C=O) groups is 1. The summed E-state index contributed by atoms with van der Waals surface area (Å²) in [6, 6.07) is 8.80. The zero-order valence-electron chi connectivity index (χ0n) is 32.8. The fourth-order valence-electron chi connectivity index (χ4n) is 4.84. The zero-order valence-corrected chi connectivity index (χ0v) is 36.6. The van der Waals surface area contributed by atoms with Crippen molar-refractivity contribution in [1.29, 1.82) is 0 Å². The molecule has 1 aliphatic rings. The highest BCUT2D eigenvalue weighted by molar-refractivity contribution is 6.75. The first-order valence-corrected chi connectivity index (χ1v) is 26.6. The summed E-state index contributed by atoms with van der Waals surface area (Å²) in [7, 11) is -6.85. The molecule has 4 rings (SSSR count). The summed E-state index contributed by atoms with van der Waals surface area (Å²) in [5.41, 5.74) is 1.32. The van der Waals surface area contributed by atoms with Gasteiger partial charge in [0.05, 0.1) is 18.5 Å². The smallest absolute Gasteiger partial charge is 0.338 e. The predicted octanol–water partition coefficient (Wildman–Crippen LogP) is 9.54. The second kappa shape index (κ2) is 14.4. The van der Waals surface area contributed by atoms with Crippen molar-refractivity contribution in [3.8, 4) is 0 Å². The Labute approximate surface area is 307 Å². The maximum Gasteiger partial charge on any atom is 0.338 e. The Morgan fingerprint density at radius 3 is 1.90 bits per heavy atom. The van der Waals surface area contributed by atoms with E-state index in [2.05, 4.69) is 112 Å². The first-order valence-electron chi connectivity index (χ1n) is 17.5. The van der Waals surface area contributed by atoms with Crippen molar-refractivity contribution in [1.82, 2.24) is 19.5 Å². The summed E-state index contributed by atoms with van der Waals surface area (Å²) in [5.74, 6) is -0.226. The first kappa shape index (κ1) is 40.8. The number of ether oxygens (including phenoxy) is 2. The highest BCUT2D eigenvalue weighted by atomic mass is 35.5. The maximum atomic E-state index is 12.7. The summed E-state index contributed by atoms with van der Waals surface area (Å²) < 4.78 is 35.9. The predicted molar refractivity (Wildman–Crippen MR) is 207 cm³/mol. The van der Waals surface area contributed by atoms with Gasteiger partial charge in [0.25, 0.3) is 0 Å². The highest BCUT2D eigenvalue weighted by Gasteiger charge is 2.55. The Balaban J connectivity index is 1.80. The zero-order chi connectivity index (χ0) is 37.7. The average molecular weight is 764 g/mol. The molecule has 1 aliphatic heterocycles. The van der Waals surface area contributed by atoms with Crippen LogP contribution in [0.25, 0.3) is 11.2 Å². The van der Waals surface area contributed by atoms with Crippen LogP contribution in [0, 0.1) is 0 Å². The van der Waals surface area contributed by atoms with Crippen molar-refractivity contribution in [2.75, 3.05) is 6.61 Å². The van der Waals surface area contributed by atoms with Gasteiger partial charge in [0, 0.05) is 0 Å². The molecule has 3 aromatic rings. The van der Waals surface area contributed by atoms with E-state index in [9.17, 15) is 4.79 Å². The largest absolute Gasteiger partial charge is 0.454 e. The monoisotopic (exact) mass is 762 g/mol. The van der Waals surface area contributed by atoms with Gasteiger partial charge in [-0.1, -0.05) is 92.1 Å². The van der Waals surface area contributed by atoms with E-state index >= 15 is 0 Å². The van der Waals surface area contributed by atoms with Gasteiger partial charge in [-0.15, -0.1) is 0 Å². The second-order valence-electron chi connectivity index (χ2n) is 18.0. The van der Waals surface area contributed by atoms with E-state index in [0.717, 1.165) is 0 Å². The molecule has 0 aliphatic carbocycles. The number of carbonyl (C=O) groups excluding carboxylic acids is 1. The average Bonchev–Trinajstić information content (AvgIpc) is 3.54. The van der Waals surface area contributed by atoms with Crippen LogP contribution in [-0.2, 0) is 29.4 Å². The molecule has 0 bridgehead atoms. The molecule has 2 aromatic heterocycles. The summed E-state index contributed by atoms with van der Waals surface area (Å²) in [6.07, 6.45) is -0.302. The lowest BCUT2D eigenvalue weighted by Crippen LogP contribution is -2.54. The van der Waals surface area contributed by atoms with Crippen LogP contribution in [0.3, 0.4) is 0 Å². The molecule has 0 saturated carbocycles. The van der Waals surface area contributed by atoms with Gasteiger partial charge in [-0.2, -0.15) is 0 Å². The molecule has 4 atom stereocenters. The molecule has 1 saturated heterocycles. The minimum atomic E-state index is -2.38. The number of benzene rings is 1. The normalized spacial score (nSPS) is 21.2. The third-order valence-electron chi connectivity index (χ3n) is 11.2. The third kappa shape index (κ3) is 8.79. The molecule has 0 unspecified atom stereocenters. The highest BCUT2D eigenvalue weighted by Crippen LogP contribution is 2.47. The van der Waals surface area contributed by atoms with Gasteiger partial charge in [0.2, 0.25) is 0 Å². The second-order valence-corrected chi connectivity index (χ2v) is 32.7. The SMILES string of the molecule is CC(C)(C)[Si](C)(C)OC[C@H]1O[C@@H](n2cnc3c(Cl)nc(COC(=O)c4ccccc4)nc32)[C@H](O[Si](C)(C)C(C)(C)C)[C@@H]1O[Si](C)(C)C(C)(C)C. The van der Waals surface area contributed by atoms with Crippen LogP contribution < -0.4 is 0 Å². The fraction of sp³-hybridized carbons (Fsp3) is 0.667. The van der Waals surface area contributed by atoms with Crippen molar-refractivity contribution in [3.63, 3.8) is 0 Å². The molecular formula is C36H59ClN4O6Si3. The summed E-state index contributed by atoms with van der Waals surface area (Å²) in [5, 5.41) is 0.0529. The van der Waals surface area contributed by atoms with E-state index in [4.69, 9.17) is 39.3 Å². The number of fused-ring (bicyclic) bond motifs is 1. The van der Waals surface area contributed by atoms with E-state index in [1.54, 1.807) is 30.6 Å². The third-order valence-corrected chi connectivity index (χ3v) is 24.9. The Kier molecular flexibility index (Phi) is 11.8. The number of halogens is 1. The quantitative estimate of drug-likeness (QED) is 0.107. The Hall–Kier alpha value is -1.98. The topological polar surface area (TPSA) is 107 Å². The molecule has 0 amide bonds.